The molecule has 0 unspecified atom stereocenters. The van der Waals surface area contributed by atoms with Gasteiger partial charge in [-0.2, -0.15) is 5.06 Å². The Balaban J connectivity index is 1.84. The highest BCUT2D eigenvalue weighted by atomic mass is 16.8. The van der Waals surface area contributed by atoms with Crippen molar-refractivity contribution in [3.05, 3.63) is 0 Å². The molecule has 3 fully saturated rings. The van der Waals surface area contributed by atoms with Gasteiger partial charge in [0.1, 0.15) is 12.2 Å². The molecule has 3 saturated heterocycles. The summed E-state index contributed by atoms with van der Waals surface area (Å²) in [6.45, 7) is -0.310. The molecule has 3 aliphatic heterocycles. The second kappa shape index (κ2) is 4.36. The van der Waals surface area contributed by atoms with E-state index in [1.165, 1.54) is 5.06 Å². The van der Waals surface area contributed by atoms with Gasteiger partial charge in [-0.15, -0.1) is 0 Å². The van der Waals surface area contributed by atoms with Crippen molar-refractivity contribution in [2.75, 3.05) is 13.2 Å². The molecule has 3 rings (SSSR count). The fourth-order valence-corrected chi connectivity index (χ4v) is 3.04. The average Bonchev–Trinajstić information content (AvgIpc) is 2.82. The minimum atomic E-state index is -1.25. The smallest absolute Gasteiger partial charge is 0.185 e. The highest BCUT2D eigenvalue weighted by Gasteiger charge is 2.60. The van der Waals surface area contributed by atoms with E-state index < -0.39 is 55.4 Å². The largest absolute Gasteiger partial charge is 0.394 e. The van der Waals surface area contributed by atoms with Crippen LogP contribution in [0.4, 0.5) is 0 Å². The van der Waals surface area contributed by atoms with Crippen molar-refractivity contribution in [1.29, 1.82) is 0 Å². The number of rotatable bonds is 1. The highest BCUT2D eigenvalue weighted by Crippen LogP contribution is 2.42. The molecular weight excluding hydrogens is 246 g/mol. The maximum absolute atomic E-state index is 10.1. The summed E-state index contributed by atoms with van der Waals surface area (Å²) in [6.07, 6.45) is -6.18. The van der Waals surface area contributed by atoms with E-state index in [2.05, 4.69) is 0 Å². The molecule has 0 aliphatic carbocycles. The van der Waals surface area contributed by atoms with Crippen LogP contribution < -0.4 is 0 Å². The third kappa shape index (κ3) is 1.62. The first-order chi connectivity index (χ1) is 8.54. The van der Waals surface area contributed by atoms with Gasteiger partial charge < -0.3 is 30.3 Å². The minimum absolute atomic E-state index is 0.120. The Bertz CT molecular complexity index is 327. The minimum Gasteiger partial charge on any atom is -0.394 e. The van der Waals surface area contributed by atoms with E-state index in [-0.39, 0.29) is 6.54 Å². The summed E-state index contributed by atoms with van der Waals surface area (Å²) in [7, 11) is 0. The van der Waals surface area contributed by atoms with Gasteiger partial charge in [-0.25, -0.2) is 0 Å². The van der Waals surface area contributed by atoms with Crippen molar-refractivity contribution in [3.63, 3.8) is 0 Å². The summed E-state index contributed by atoms with van der Waals surface area (Å²) in [5.74, 6) is -0.657. The van der Waals surface area contributed by atoms with E-state index >= 15 is 0 Å². The van der Waals surface area contributed by atoms with Gasteiger partial charge in [0, 0.05) is 0 Å². The number of hydrogen-bond donors (Lipinski definition) is 5. The molecule has 18 heavy (non-hydrogen) atoms. The van der Waals surface area contributed by atoms with Crippen molar-refractivity contribution in [3.8, 4) is 0 Å². The van der Waals surface area contributed by atoms with E-state index in [1.807, 2.05) is 0 Å². The molecule has 3 aliphatic rings. The quantitative estimate of drug-likeness (QED) is 0.329. The van der Waals surface area contributed by atoms with Crippen LogP contribution in [-0.2, 0) is 9.57 Å². The van der Waals surface area contributed by atoms with Crippen molar-refractivity contribution >= 4 is 0 Å². The molecule has 0 saturated carbocycles. The van der Waals surface area contributed by atoms with Gasteiger partial charge in [0.2, 0.25) is 0 Å². The molecule has 0 radical (unpaired) electrons. The molecule has 8 heteroatoms. The lowest BCUT2D eigenvalue weighted by Crippen LogP contribution is -2.58. The van der Waals surface area contributed by atoms with Crippen molar-refractivity contribution < 1.29 is 35.1 Å². The second-order valence-corrected chi connectivity index (χ2v) is 5.04. The SMILES string of the molecule is OC[C@H]1O[C@@H]2ON3C[C@H](O)[C@@H](O)[C@H]3[C@@H]2[C@@H](O)[C@@H]1O. The van der Waals surface area contributed by atoms with Gasteiger partial charge in [0.25, 0.3) is 0 Å². The Morgan fingerprint density at radius 3 is 2.44 bits per heavy atom. The average molecular weight is 263 g/mol. The van der Waals surface area contributed by atoms with Crippen LogP contribution in [0, 0.1) is 5.92 Å². The summed E-state index contributed by atoms with van der Waals surface area (Å²) in [6, 6.07) is -0.616. The third-order valence-electron chi connectivity index (χ3n) is 4.01. The van der Waals surface area contributed by atoms with Crippen LogP contribution in [-0.4, -0.2) is 86.6 Å². The van der Waals surface area contributed by atoms with Crippen LogP contribution in [0.5, 0.6) is 0 Å². The number of fused-ring (bicyclic) bond motifs is 3. The van der Waals surface area contributed by atoms with Gasteiger partial charge in [-0.05, 0) is 0 Å². The molecule has 8 atom stereocenters. The molecular formula is C10H17NO7. The molecule has 0 amide bonds. The summed E-state index contributed by atoms with van der Waals surface area (Å²) in [5.41, 5.74) is 0. The van der Waals surface area contributed by atoms with Crippen LogP contribution in [0.1, 0.15) is 0 Å². The lowest BCUT2D eigenvalue weighted by Gasteiger charge is -2.39. The van der Waals surface area contributed by atoms with Crippen LogP contribution in [0.15, 0.2) is 0 Å². The summed E-state index contributed by atoms with van der Waals surface area (Å²) < 4.78 is 5.35. The first kappa shape index (κ1) is 12.7. The van der Waals surface area contributed by atoms with Crippen molar-refractivity contribution in [2.24, 2.45) is 5.92 Å². The van der Waals surface area contributed by atoms with Crippen molar-refractivity contribution in [2.45, 2.75) is 42.9 Å². The normalized spacial score (nSPS) is 56.5. The lowest BCUT2D eigenvalue weighted by molar-refractivity contribution is -0.299. The summed E-state index contributed by atoms with van der Waals surface area (Å²) in [4.78, 5) is 5.39. The molecule has 0 aromatic carbocycles. The number of nitrogens with zero attached hydrogens (tertiary/aromatic N) is 1. The number of aliphatic hydroxyl groups excluding tert-OH is 5. The predicted octanol–water partition coefficient (Wildman–Crippen LogP) is -3.61. The predicted molar refractivity (Wildman–Crippen MR) is 54.8 cm³/mol. The Morgan fingerprint density at radius 1 is 1.06 bits per heavy atom. The Hall–Kier alpha value is -0.320. The molecule has 0 aromatic heterocycles. The Labute approximate surface area is 103 Å². The van der Waals surface area contributed by atoms with Crippen LogP contribution in [0.3, 0.4) is 0 Å². The Kier molecular flexibility index (Phi) is 3.07. The number of ether oxygens (including phenoxy) is 1. The van der Waals surface area contributed by atoms with Crippen LogP contribution in [0.2, 0.25) is 0 Å². The fraction of sp³-hybridized carbons (Fsp3) is 1.00. The highest BCUT2D eigenvalue weighted by molar-refractivity contribution is 5.04. The maximum Gasteiger partial charge on any atom is 0.185 e. The van der Waals surface area contributed by atoms with Gasteiger partial charge in [0.05, 0.1) is 43.4 Å². The molecule has 5 N–H and O–H groups in total. The molecule has 3 heterocycles. The first-order valence-electron chi connectivity index (χ1n) is 5.96. The molecule has 8 nitrogen and oxygen atoms in total. The molecule has 0 aromatic rings. The zero-order valence-corrected chi connectivity index (χ0v) is 9.53. The van der Waals surface area contributed by atoms with Crippen LogP contribution >= 0.6 is 0 Å². The monoisotopic (exact) mass is 263 g/mol. The standard InChI is InChI=1S/C10H17NO7/c12-2-4-8(15)9(16)5-6-7(14)3(13)1-11(6)18-10(5)17-4/h3-10,12-16H,1-2H2/t3-,4+,5+,6+,7+,8+,9+,10+/m0/s1. The third-order valence-corrected chi connectivity index (χ3v) is 4.01. The number of hydroxylamine groups is 2. The number of aliphatic hydroxyl groups is 5. The lowest BCUT2D eigenvalue weighted by atomic mass is 9.84. The zero-order chi connectivity index (χ0) is 13.0. The van der Waals surface area contributed by atoms with Gasteiger partial charge in [-0.3, -0.25) is 4.84 Å². The molecule has 0 bridgehead atoms. The van der Waals surface area contributed by atoms with E-state index in [9.17, 15) is 20.4 Å². The van der Waals surface area contributed by atoms with Crippen LogP contribution in [0.25, 0.3) is 0 Å². The molecule has 0 spiro atoms. The van der Waals surface area contributed by atoms with Gasteiger partial charge >= 0.3 is 0 Å². The second-order valence-electron chi connectivity index (χ2n) is 5.04. The van der Waals surface area contributed by atoms with E-state index in [1.54, 1.807) is 0 Å². The summed E-state index contributed by atoms with van der Waals surface area (Å²) in [5, 5.41) is 49.7. The van der Waals surface area contributed by atoms with Gasteiger partial charge in [0.15, 0.2) is 6.29 Å². The maximum atomic E-state index is 10.1. The fourth-order valence-electron chi connectivity index (χ4n) is 3.04. The van der Waals surface area contributed by atoms with E-state index in [4.69, 9.17) is 14.7 Å². The van der Waals surface area contributed by atoms with Crippen molar-refractivity contribution in [1.82, 2.24) is 5.06 Å². The van der Waals surface area contributed by atoms with E-state index in [0.717, 1.165) is 0 Å². The van der Waals surface area contributed by atoms with E-state index in [0.29, 0.717) is 0 Å². The zero-order valence-electron chi connectivity index (χ0n) is 9.53. The first-order valence-corrected chi connectivity index (χ1v) is 5.96. The van der Waals surface area contributed by atoms with Gasteiger partial charge in [-0.1, -0.05) is 0 Å². The topological polar surface area (TPSA) is 123 Å². The summed E-state index contributed by atoms with van der Waals surface area (Å²) >= 11 is 0. The Morgan fingerprint density at radius 2 is 1.78 bits per heavy atom. The molecule has 104 valence electrons. The number of hydrogen-bond acceptors (Lipinski definition) is 8.